The maximum absolute atomic E-state index is 11.8. The Morgan fingerprint density at radius 2 is 2.04 bits per heavy atom. The van der Waals surface area contributed by atoms with E-state index in [2.05, 4.69) is 36.5 Å². The molecule has 1 aromatic carbocycles. The molecule has 0 aliphatic heterocycles. The van der Waals surface area contributed by atoms with E-state index in [0.29, 0.717) is 0 Å². The first-order chi connectivity index (χ1) is 11.5. The minimum Gasteiger partial charge on any atom is -0.380 e. The molecule has 1 aliphatic carbocycles. The molecule has 0 spiro atoms. The summed E-state index contributed by atoms with van der Waals surface area (Å²) >= 11 is 7.64. The van der Waals surface area contributed by atoms with Crippen molar-refractivity contribution < 1.29 is 5.11 Å². The Balaban J connectivity index is 2.03. The molecule has 4 heteroatoms. The van der Waals surface area contributed by atoms with Gasteiger partial charge in [-0.05, 0) is 68.1 Å². The molecule has 2 atom stereocenters. The molecule has 0 saturated heterocycles. The molecule has 1 aromatic heterocycles. The van der Waals surface area contributed by atoms with E-state index in [4.69, 9.17) is 11.6 Å². The molecule has 0 amide bonds. The molecular formula is C20H24ClNOS. The van der Waals surface area contributed by atoms with E-state index in [1.807, 2.05) is 30.3 Å². The van der Waals surface area contributed by atoms with Crippen molar-refractivity contribution >= 4 is 29.0 Å². The van der Waals surface area contributed by atoms with Crippen LogP contribution in [0.4, 0.5) is 0 Å². The van der Waals surface area contributed by atoms with Gasteiger partial charge in [0.2, 0.25) is 0 Å². The van der Waals surface area contributed by atoms with Crippen LogP contribution in [0, 0.1) is 5.92 Å². The second kappa shape index (κ2) is 7.40. The Hall–Kier alpha value is -1.13. The van der Waals surface area contributed by atoms with E-state index < -0.39 is 5.60 Å². The van der Waals surface area contributed by atoms with Crippen molar-refractivity contribution in [1.82, 2.24) is 4.90 Å². The van der Waals surface area contributed by atoms with Crippen LogP contribution in [-0.2, 0) is 5.60 Å². The average Bonchev–Trinajstić information content (AvgIpc) is 3.08. The van der Waals surface area contributed by atoms with Gasteiger partial charge in [-0.25, -0.2) is 0 Å². The highest BCUT2D eigenvalue weighted by atomic mass is 35.5. The predicted molar refractivity (Wildman–Crippen MR) is 104 cm³/mol. The quantitative estimate of drug-likeness (QED) is 0.825. The third kappa shape index (κ3) is 3.60. The summed E-state index contributed by atoms with van der Waals surface area (Å²) in [6.45, 7) is 0.881. The molecule has 2 aromatic rings. The summed E-state index contributed by atoms with van der Waals surface area (Å²) < 4.78 is 0. The molecule has 0 bridgehead atoms. The first-order valence-corrected chi connectivity index (χ1v) is 9.63. The zero-order valence-corrected chi connectivity index (χ0v) is 15.8. The number of thiophene rings is 1. The fourth-order valence-corrected chi connectivity index (χ4v) is 4.73. The second-order valence-electron chi connectivity index (χ2n) is 6.82. The molecule has 1 N–H and O–H groups in total. The van der Waals surface area contributed by atoms with Crippen molar-refractivity contribution in [2.45, 2.75) is 24.9 Å². The number of benzene rings is 1. The van der Waals surface area contributed by atoms with Gasteiger partial charge in [0, 0.05) is 22.4 Å². The Labute approximate surface area is 153 Å². The molecular weight excluding hydrogens is 338 g/mol. The lowest BCUT2D eigenvalue weighted by Gasteiger charge is -2.43. The first-order valence-electron chi connectivity index (χ1n) is 8.38. The molecule has 3 rings (SSSR count). The van der Waals surface area contributed by atoms with E-state index in [-0.39, 0.29) is 5.92 Å². The van der Waals surface area contributed by atoms with E-state index >= 15 is 0 Å². The summed E-state index contributed by atoms with van der Waals surface area (Å²) in [6, 6.07) is 11.9. The van der Waals surface area contributed by atoms with Crippen molar-refractivity contribution in [1.29, 1.82) is 0 Å². The van der Waals surface area contributed by atoms with Crippen LogP contribution in [-0.4, -0.2) is 30.6 Å². The topological polar surface area (TPSA) is 23.5 Å². The Morgan fingerprint density at radius 1 is 1.29 bits per heavy atom. The second-order valence-corrected chi connectivity index (χ2v) is 8.20. The van der Waals surface area contributed by atoms with Crippen LogP contribution in [0.3, 0.4) is 0 Å². The molecule has 1 heterocycles. The van der Waals surface area contributed by atoms with E-state index in [1.165, 1.54) is 0 Å². The zero-order valence-electron chi connectivity index (χ0n) is 14.2. The highest BCUT2D eigenvalue weighted by Crippen LogP contribution is 2.47. The summed E-state index contributed by atoms with van der Waals surface area (Å²) in [7, 11) is 4.15. The molecule has 2 nitrogen and oxygen atoms in total. The molecule has 24 heavy (non-hydrogen) atoms. The van der Waals surface area contributed by atoms with Gasteiger partial charge in [-0.15, -0.1) is 11.3 Å². The van der Waals surface area contributed by atoms with Gasteiger partial charge in [0.25, 0.3) is 0 Å². The summed E-state index contributed by atoms with van der Waals surface area (Å²) in [6.07, 6.45) is 5.25. The van der Waals surface area contributed by atoms with Gasteiger partial charge in [0.15, 0.2) is 0 Å². The smallest absolute Gasteiger partial charge is 0.124 e. The monoisotopic (exact) mass is 361 g/mol. The van der Waals surface area contributed by atoms with Crippen LogP contribution in [0.25, 0.3) is 6.08 Å². The number of hydrogen-bond acceptors (Lipinski definition) is 3. The standard InChI is InChI=1S/C20H24ClNOS/c1-22(2)14-17-6-3-5-16(13-15-8-10-18(21)11-9-15)20(17,23)19-7-4-12-24-19/h4,7-13,17,23H,3,5-6,14H2,1-2H3/b16-13+. The minimum atomic E-state index is -0.879. The predicted octanol–water partition coefficient (Wildman–Crippen LogP) is 5.03. The SMILES string of the molecule is CN(C)CC1CCC/C(=C\c2ccc(Cl)cc2)C1(O)c1cccs1. The fraction of sp³-hybridized carbons (Fsp3) is 0.400. The van der Waals surface area contributed by atoms with E-state index in [9.17, 15) is 5.11 Å². The van der Waals surface area contributed by atoms with Crippen molar-refractivity contribution in [2.24, 2.45) is 5.92 Å². The van der Waals surface area contributed by atoms with Crippen molar-refractivity contribution in [3.63, 3.8) is 0 Å². The maximum Gasteiger partial charge on any atom is 0.124 e. The lowest BCUT2D eigenvalue weighted by molar-refractivity contribution is -0.0143. The van der Waals surface area contributed by atoms with E-state index in [0.717, 1.165) is 46.8 Å². The zero-order chi connectivity index (χ0) is 17.2. The van der Waals surface area contributed by atoms with Gasteiger partial charge in [0.05, 0.1) is 0 Å². The third-order valence-corrected chi connectivity index (χ3v) is 6.02. The largest absolute Gasteiger partial charge is 0.380 e. The number of rotatable bonds is 4. The van der Waals surface area contributed by atoms with Crippen LogP contribution >= 0.6 is 22.9 Å². The molecule has 1 saturated carbocycles. The van der Waals surface area contributed by atoms with Crippen LogP contribution < -0.4 is 0 Å². The van der Waals surface area contributed by atoms with Gasteiger partial charge in [-0.3, -0.25) is 0 Å². The van der Waals surface area contributed by atoms with Gasteiger partial charge < -0.3 is 10.0 Å². The summed E-state index contributed by atoms with van der Waals surface area (Å²) in [5.41, 5.74) is 1.33. The van der Waals surface area contributed by atoms with Crippen LogP contribution in [0.1, 0.15) is 29.7 Å². The summed E-state index contributed by atoms with van der Waals surface area (Å²) in [5.74, 6) is 0.207. The highest BCUT2D eigenvalue weighted by Gasteiger charge is 2.44. The van der Waals surface area contributed by atoms with Crippen molar-refractivity contribution in [3.05, 3.63) is 62.8 Å². The van der Waals surface area contributed by atoms with Crippen molar-refractivity contribution in [2.75, 3.05) is 20.6 Å². The van der Waals surface area contributed by atoms with Gasteiger partial charge >= 0.3 is 0 Å². The maximum atomic E-state index is 11.8. The molecule has 1 aliphatic rings. The van der Waals surface area contributed by atoms with Gasteiger partial charge in [-0.2, -0.15) is 0 Å². The third-order valence-electron chi connectivity index (χ3n) is 4.77. The average molecular weight is 362 g/mol. The lowest BCUT2D eigenvalue weighted by Crippen LogP contribution is -2.44. The van der Waals surface area contributed by atoms with Crippen LogP contribution in [0.15, 0.2) is 47.4 Å². The molecule has 0 radical (unpaired) electrons. The Morgan fingerprint density at radius 3 is 2.67 bits per heavy atom. The lowest BCUT2D eigenvalue weighted by atomic mass is 9.70. The Bertz CT molecular complexity index is 693. The number of nitrogens with zero attached hydrogens (tertiary/aromatic N) is 1. The number of halogens is 1. The van der Waals surface area contributed by atoms with Crippen LogP contribution in [0.2, 0.25) is 5.02 Å². The molecule has 1 fully saturated rings. The number of aliphatic hydroxyl groups is 1. The first kappa shape index (κ1) is 17.7. The van der Waals surface area contributed by atoms with Gasteiger partial charge in [-0.1, -0.05) is 35.9 Å². The number of hydrogen-bond donors (Lipinski definition) is 1. The highest BCUT2D eigenvalue weighted by molar-refractivity contribution is 7.10. The normalized spacial score (nSPS) is 26.2. The fourth-order valence-electron chi connectivity index (χ4n) is 3.66. The van der Waals surface area contributed by atoms with Gasteiger partial charge in [0.1, 0.15) is 5.60 Å². The Kier molecular flexibility index (Phi) is 5.46. The minimum absolute atomic E-state index is 0.207. The summed E-state index contributed by atoms with van der Waals surface area (Å²) in [4.78, 5) is 3.23. The van der Waals surface area contributed by atoms with E-state index in [1.54, 1.807) is 11.3 Å². The van der Waals surface area contributed by atoms with Crippen molar-refractivity contribution in [3.8, 4) is 0 Å². The molecule has 2 unspecified atom stereocenters. The summed E-state index contributed by atoms with van der Waals surface area (Å²) in [5, 5.41) is 14.6. The van der Waals surface area contributed by atoms with Crippen LogP contribution in [0.5, 0.6) is 0 Å². The molecule has 128 valence electrons.